The Hall–Kier alpha value is -3.58. The lowest BCUT2D eigenvalue weighted by Crippen LogP contribution is -2.28. The lowest BCUT2D eigenvalue weighted by atomic mass is 10.2. The molecule has 0 saturated carbocycles. The molecule has 0 aliphatic carbocycles. The van der Waals surface area contributed by atoms with Crippen LogP contribution in [0.5, 0.6) is 5.75 Å². The number of benzene rings is 4. The molecule has 5 rings (SSSR count). The van der Waals surface area contributed by atoms with E-state index in [-0.39, 0.29) is 18.3 Å². The lowest BCUT2D eigenvalue weighted by molar-refractivity contribution is -0.122. The maximum absolute atomic E-state index is 13.5. The Balaban J connectivity index is 1.38. The standard InChI is InChI=1S/C31H23Cl2FN2O2S/c32-26-15-24(16-27(33)29(26)38-20-23-11-13-25(34)14-12-23)17-28-30(37)36(19-22-9-5-2-6-10-22)31(39-28)35-18-21-7-3-1-4-8-21/h1-17H,18-20H2/b28-17+,35-31?. The molecule has 39 heavy (non-hydrogen) atoms. The molecule has 1 fully saturated rings. The zero-order valence-corrected chi connectivity index (χ0v) is 23.0. The molecule has 1 heterocycles. The van der Waals surface area contributed by atoms with E-state index in [2.05, 4.69) is 0 Å². The first-order valence-corrected chi connectivity index (χ1v) is 13.7. The molecule has 1 aliphatic heterocycles. The topological polar surface area (TPSA) is 41.9 Å². The Labute approximate surface area is 240 Å². The van der Waals surface area contributed by atoms with E-state index in [9.17, 15) is 9.18 Å². The van der Waals surface area contributed by atoms with E-state index in [4.69, 9.17) is 32.9 Å². The fourth-order valence-corrected chi connectivity index (χ4v) is 5.55. The van der Waals surface area contributed by atoms with Crippen LogP contribution in [0.1, 0.15) is 22.3 Å². The molecule has 0 radical (unpaired) electrons. The number of amides is 1. The van der Waals surface area contributed by atoms with Crippen molar-refractivity contribution in [3.05, 3.63) is 140 Å². The van der Waals surface area contributed by atoms with E-state index in [1.807, 2.05) is 60.7 Å². The highest BCUT2D eigenvalue weighted by Gasteiger charge is 2.33. The number of halogens is 3. The van der Waals surface area contributed by atoms with Gasteiger partial charge in [0.25, 0.3) is 5.91 Å². The number of thioether (sulfide) groups is 1. The van der Waals surface area contributed by atoms with Gasteiger partial charge in [-0.25, -0.2) is 4.39 Å². The molecule has 0 spiro atoms. The van der Waals surface area contributed by atoms with Crippen molar-refractivity contribution >= 4 is 52.1 Å². The highest BCUT2D eigenvalue weighted by Crippen LogP contribution is 2.38. The minimum absolute atomic E-state index is 0.139. The second-order valence-corrected chi connectivity index (χ2v) is 10.6. The quantitative estimate of drug-likeness (QED) is 0.198. The number of hydrogen-bond acceptors (Lipinski definition) is 4. The number of carbonyl (C=O) groups is 1. The summed E-state index contributed by atoms with van der Waals surface area (Å²) in [5.74, 6) is -0.132. The molecule has 0 bridgehead atoms. The number of amidine groups is 1. The number of aliphatic imine (C=N–C) groups is 1. The fourth-order valence-electron chi connectivity index (χ4n) is 3.96. The predicted molar refractivity (Wildman–Crippen MR) is 157 cm³/mol. The van der Waals surface area contributed by atoms with Crippen molar-refractivity contribution in [1.82, 2.24) is 4.90 Å². The van der Waals surface area contributed by atoms with E-state index >= 15 is 0 Å². The smallest absolute Gasteiger partial charge is 0.267 e. The second-order valence-electron chi connectivity index (χ2n) is 8.80. The Bertz CT molecular complexity index is 1500. The van der Waals surface area contributed by atoms with Crippen molar-refractivity contribution in [3.8, 4) is 5.75 Å². The van der Waals surface area contributed by atoms with Gasteiger partial charge in [0.1, 0.15) is 12.4 Å². The number of nitrogens with zero attached hydrogens (tertiary/aromatic N) is 2. The van der Waals surface area contributed by atoms with Crippen LogP contribution in [0.25, 0.3) is 6.08 Å². The summed E-state index contributed by atoms with van der Waals surface area (Å²) in [6, 6.07) is 29.1. The Morgan fingerprint density at radius 2 is 1.46 bits per heavy atom. The van der Waals surface area contributed by atoms with Crippen molar-refractivity contribution in [2.45, 2.75) is 19.7 Å². The van der Waals surface area contributed by atoms with Gasteiger partial charge >= 0.3 is 0 Å². The fraction of sp³-hybridized carbons (Fsp3) is 0.0968. The molecule has 196 valence electrons. The maximum Gasteiger partial charge on any atom is 0.267 e. The van der Waals surface area contributed by atoms with Crippen LogP contribution in [0.15, 0.2) is 107 Å². The van der Waals surface area contributed by atoms with Crippen LogP contribution in [0, 0.1) is 5.82 Å². The molecule has 1 amide bonds. The van der Waals surface area contributed by atoms with Crippen molar-refractivity contribution in [2.75, 3.05) is 0 Å². The third kappa shape index (κ3) is 6.90. The summed E-state index contributed by atoms with van der Waals surface area (Å²) in [5.41, 5.74) is 3.52. The molecule has 1 saturated heterocycles. The minimum Gasteiger partial charge on any atom is -0.486 e. The average Bonchev–Trinajstić information content (AvgIpc) is 3.22. The largest absolute Gasteiger partial charge is 0.486 e. The van der Waals surface area contributed by atoms with Crippen molar-refractivity contribution in [2.24, 2.45) is 4.99 Å². The lowest BCUT2D eigenvalue weighted by Gasteiger charge is -2.15. The van der Waals surface area contributed by atoms with E-state index in [0.29, 0.717) is 44.5 Å². The Morgan fingerprint density at radius 1 is 0.846 bits per heavy atom. The molecule has 0 unspecified atom stereocenters. The average molecular weight is 578 g/mol. The van der Waals surface area contributed by atoms with Gasteiger partial charge in [-0.15, -0.1) is 0 Å². The van der Waals surface area contributed by atoms with Gasteiger partial charge in [0, 0.05) is 0 Å². The number of hydrogen-bond donors (Lipinski definition) is 0. The first kappa shape index (κ1) is 27.0. The summed E-state index contributed by atoms with van der Waals surface area (Å²) in [5, 5.41) is 1.26. The van der Waals surface area contributed by atoms with Crippen LogP contribution in [0.4, 0.5) is 4.39 Å². The molecule has 0 N–H and O–H groups in total. The van der Waals surface area contributed by atoms with E-state index < -0.39 is 0 Å². The zero-order valence-electron chi connectivity index (χ0n) is 20.7. The first-order valence-electron chi connectivity index (χ1n) is 12.2. The summed E-state index contributed by atoms with van der Waals surface area (Å²) in [6.45, 7) is 1.06. The van der Waals surface area contributed by atoms with Crippen LogP contribution in [0.3, 0.4) is 0 Å². The molecule has 1 aliphatic rings. The monoisotopic (exact) mass is 576 g/mol. The summed E-state index contributed by atoms with van der Waals surface area (Å²) < 4.78 is 19.0. The third-order valence-electron chi connectivity index (χ3n) is 5.93. The van der Waals surface area contributed by atoms with Gasteiger partial charge in [0.05, 0.1) is 28.0 Å². The van der Waals surface area contributed by atoms with Crippen molar-refractivity contribution < 1.29 is 13.9 Å². The maximum atomic E-state index is 13.5. The van der Waals surface area contributed by atoms with E-state index in [1.165, 1.54) is 23.9 Å². The van der Waals surface area contributed by atoms with Crippen LogP contribution in [-0.4, -0.2) is 16.0 Å². The molecule has 0 atom stereocenters. The molecule has 0 aromatic heterocycles. The summed E-state index contributed by atoms with van der Waals surface area (Å²) in [7, 11) is 0. The molecule has 4 aromatic rings. The van der Waals surface area contributed by atoms with Crippen LogP contribution >= 0.6 is 35.0 Å². The van der Waals surface area contributed by atoms with Crippen molar-refractivity contribution in [3.63, 3.8) is 0 Å². The highest BCUT2D eigenvalue weighted by atomic mass is 35.5. The van der Waals surface area contributed by atoms with E-state index in [1.54, 1.807) is 35.2 Å². The van der Waals surface area contributed by atoms with Gasteiger partial charge in [0.15, 0.2) is 10.9 Å². The number of ether oxygens (including phenoxy) is 1. The van der Waals surface area contributed by atoms with Crippen LogP contribution in [-0.2, 0) is 24.5 Å². The van der Waals surface area contributed by atoms with Gasteiger partial charge in [-0.3, -0.25) is 14.7 Å². The predicted octanol–water partition coefficient (Wildman–Crippen LogP) is 8.38. The van der Waals surface area contributed by atoms with Gasteiger partial charge in [-0.05, 0) is 64.4 Å². The highest BCUT2D eigenvalue weighted by molar-refractivity contribution is 8.18. The molecule has 4 nitrogen and oxygen atoms in total. The third-order valence-corrected chi connectivity index (χ3v) is 7.53. The summed E-state index contributed by atoms with van der Waals surface area (Å²) >= 11 is 14.3. The Kier molecular flexibility index (Phi) is 8.67. The summed E-state index contributed by atoms with van der Waals surface area (Å²) in [4.78, 5) is 20.5. The van der Waals surface area contributed by atoms with Gasteiger partial charge in [-0.1, -0.05) is 96.0 Å². The van der Waals surface area contributed by atoms with Gasteiger partial charge in [-0.2, -0.15) is 0 Å². The normalized spacial score (nSPS) is 15.4. The SMILES string of the molecule is O=C1/C(=C\c2cc(Cl)c(OCc3ccc(F)cc3)c(Cl)c2)SC(=NCc2ccccc2)N1Cc1ccccc1. The zero-order chi connectivity index (χ0) is 27.2. The molecule has 4 aromatic carbocycles. The van der Waals surface area contributed by atoms with Crippen LogP contribution in [0.2, 0.25) is 10.0 Å². The Morgan fingerprint density at radius 3 is 2.10 bits per heavy atom. The van der Waals surface area contributed by atoms with E-state index in [0.717, 1.165) is 16.7 Å². The minimum atomic E-state index is -0.317. The first-order chi connectivity index (χ1) is 19.0. The molecular weight excluding hydrogens is 554 g/mol. The molecule has 8 heteroatoms. The molecular formula is C31H23Cl2FN2O2S. The van der Waals surface area contributed by atoms with Crippen LogP contribution < -0.4 is 4.74 Å². The van der Waals surface area contributed by atoms with Gasteiger partial charge in [0.2, 0.25) is 0 Å². The summed E-state index contributed by atoms with van der Waals surface area (Å²) in [6.07, 6.45) is 1.76. The van der Waals surface area contributed by atoms with Gasteiger partial charge < -0.3 is 4.74 Å². The number of carbonyl (C=O) groups excluding carboxylic acids is 1. The van der Waals surface area contributed by atoms with Crippen molar-refractivity contribution in [1.29, 1.82) is 0 Å². The number of rotatable bonds is 8. The second kappa shape index (κ2) is 12.5.